The minimum Gasteiger partial charge on any atom is -0.384 e. The van der Waals surface area contributed by atoms with E-state index in [1.807, 2.05) is 37.2 Å². The lowest BCUT2D eigenvalue weighted by Crippen LogP contribution is -2.10. The molecule has 0 fully saturated rings. The van der Waals surface area contributed by atoms with Crippen LogP contribution in [-0.2, 0) is 0 Å². The van der Waals surface area contributed by atoms with Crippen LogP contribution in [0.3, 0.4) is 0 Å². The van der Waals surface area contributed by atoms with Crippen molar-refractivity contribution in [3.63, 3.8) is 0 Å². The Kier molecular flexibility index (Phi) is 5.63. The lowest BCUT2D eigenvalue weighted by Gasteiger charge is -2.05. The average Bonchev–Trinajstić information content (AvgIpc) is 2.67. The van der Waals surface area contributed by atoms with Gasteiger partial charge in [0.1, 0.15) is 11.5 Å². The molecule has 0 unspecified atom stereocenters. The minimum absolute atomic E-state index is 0.00823. The number of rotatable bonds is 4. The zero-order valence-corrected chi connectivity index (χ0v) is 15.8. The van der Waals surface area contributed by atoms with E-state index in [2.05, 4.69) is 27.1 Å². The number of benzene rings is 2. The summed E-state index contributed by atoms with van der Waals surface area (Å²) in [6, 6.07) is 12.8. The summed E-state index contributed by atoms with van der Waals surface area (Å²) < 4.78 is 0. The zero-order valence-electron chi connectivity index (χ0n) is 15.8. The van der Waals surface area contributed by atoms with Gasteiger partial charge in [0, 0.05) is 28.1 Å². The summed E-state index contributed by atoms with van der Waals surface area (Å²) >= 11 is 0. The Bertz CT molecular complexity index is 1100. The number of nitrogen functional groups attached to an aromatic ring is 2. The predicted molar refractivity (Wildman–Crippen MR) is 113 cm³/mol. The highest BCUT2D eigenvalue weighted by molar-refractivity contribution is 5.97. The Balaban J connectivity index is 1.97. The number of fused-ring (bicyclic) bond motifs is 1. The molecule has 5 N–H and O–H groups in total. The molecule has 3 rings (SSSR count). The number of anilines is 1. The Hall–Kier alpha value is -3.76. The van der Waals surface area contributed by atoms with Crippen molar-refractivity contribution in [1.82, 2.24) is 9.88 Å². The van der Waals surface area contributed by atoms with Crippen molar-refractivity contribution in [1.29, 1.82) is 5.41 Å². The van der Waals surface area contributed by atoms with Gasteiger partial charge in [-0.2, -0.15) is 5.11 Å². The summed E-state index contributed by atoms with van der Waals surface area (Å²) in [4.78, 5) is 6.22. The first kappa shape index (κ1) is 19.0. The van der Waals surface area contributed by atoms with E-state index in [0.717, 1.165) is 16.3 Å². The van der Waals surface area contributed by atoms with E-state index in [0.29, 0.717) is 29.3 Å². The van der Waals surface area contributed by atoms with Gasteiger partial charge in [-0.3, -0.25) is 10.3 Å². The molecule has 3 aromatic rings. The number of nitrogens with one attached hydrogen (secondary N) is 1. The lowest BCUT2D eigenvalue weighted by molar-refractivity contribution is 0.464. The van der Waals surface area contributed by atoms with E-state index in [4.69, 9.17) is 16.9 Å². The van der Waals surface area contributed by atoms with Crippen LogP contribution in [0.1, 0.15) is 11.1 Å². The van der Waals surface area contributed by atoms with Gasteiger partial charge < -0.3 is 11.5 Å². The van der Waals surface area contributed by atoms with Crippen LogP contribution in [0, 0.1) is 17.3 Å². The maximum atomic E-state index is 7.44. The van der Waals surface area contributed by atoms with Crippen LogP contribution in [0.25, 0.3) is 10.8 Å². The minimum atomic E-state index is 0.00823. The molecule has 0 saturated heterocycles. The SMILES string of the molecule is CN(C)CC#Cc1ccc2cnc(N)c(N=Nc3ccc(C(=N)N)cc3)c2c1. The van der Waals surface area contributed by atoms with Gasteiger partial charge >= 0.3 is 0 Å². The van der Waals surface area contributed by atoms with Gasteiger partial charge in [0.2, 0.25) is 0 Å². The molecule has 7 heteroatoms. The molecule has 0 amide bonds. The molecule has 0 saturated carbocycles. The fourth-order valence-electron chi connectivity index (χ4n) is 2.51. The normalized spacial score (nSPS) is 11.0. The van der Waals surface area contributed by atoms with E-state index < -0.39 is 0 Å². The molecule has 0 aliphatic heterocycles. The van der Waals surface area contributed by atoms with E-state index in [1.54, 1.807) is 30.5 Å². The van der Waals surface area contributed by atoms with Crippen molar-refractivity contribution in [2.24, 2.45) is 16.0 Å². The molecule has 1 aromatic heterocycles. The highest BCUT2D eigenvalue weighted by Crippen LogP contribution is 2.32. The highest BCUT2D eigenvalue weighted by Gasteiger charge is 2.07. The smallest absolute Gasteiger partial charge is 0.151 e. The Morgan fingerprint density at radius 2 is 1.89 bits per heavy atom. The van der Waals surface area contributed by atoms with Crippen LogP contribution in [0.4, 0.5) is 17.2 Å². The van der Waals surface area contributed by atoms with Crippen molar-refractivity contribution in [3.05, 3.63) is 59.8 Å². The van der Waals surface area contributed by atoms with Crippen molar-refractivity contribution >= 4 is 33.8 Å². The van der Waals surface area contributed by atoms with Gasteiger partial charge in [0.05, 0.1) is 12.2 Å². The highest BCUT2D eigenvalue weighted by atomic mass is 15.1. The number of hydrogen-bond acceptors (Lipinski definition) is 6. The fraction of sp³-hybridized carbons (Fsp3) is 0.143. The molecule has 0 radical (unpaired) electrons. The first-order valence-corrected chi connectivity index (χ1v) is 8.62. The molecular formula is C21H21N7. The molecule has 28 heavy (non-hydrogen) atoms. The van der Waals surface area contributed by atoms with Crippen LogP contribution >= 0.6 is 0 Å². The summed E-state index contributed by atoms with van der Waals surface area (Å²) in [5, 5.41) is 17.8. The molecular weight excluding hydrogens is 350 g/mol. The van der Waals surface area contributed by atoms with Gasteiger partial charge in [-0.05, 0) is 50.5 Å². The van der Waals surface area contributed by atoms with Crippen LogP contribution in [0.5, 0.6) is 0 Å². The molecule has 0 spiro atoms. The predicted octanol–water partition coefficient (Wildman–Crippen LogP) is 3.43. The van der Waals surface area contributed by atoms with Gasteiger partial charge in [0.25, 0.3) is 0 Å². The van der Waals surface area contributed by atoms with Crippen LogP contribution in [-0.4, -0.2) is 36.4 Å². The molecule has 7 nitrogen and oxygen atoms in total. The van der Waals surface area contributed by atoms with Crippen LogP contribution < -0.4 is 11.5 Å². The van der Waals surface area contributed by atoms with Crippen molar-refractivity contribution in [2.75, 3.05) is 26.4 Å². The number of pyridine rings is 1. The first-order chi connectivity index (χ1) is 13.4. The van der Waals surface area contributed by atoms with Crippen molar-refractivity contribution < 1.29 is 0 Å². The maximum Gasteiger partial charge on any atom is 0.151 e. The second-order valence-electron chi connectivity index (χ2n) is 6.49. The quantitative estimate of drug-likeness (QED) is 0.282. The van der Waals surface area contributed by atoms with Gasteiger partial charge in [-0.25, -0.2) is 4.98 Å². The number of aromatic nitrogens is 1. The number of amidine groups is 1. The summed E-state index contributed by atoms with van der Waals surface area (Å²) in [5.41, 5.74) is 14.2. The third-order valence-corrected chi connectivity index (χ3v) is 3.97. The molecule has 140 valence electrons. The van der Waals surface area contributed by atoms with E-state index in [1.165, 1.54) is 0 Å². The molecule has 0 bridgehead atoms. The number of nitrogens with zero attached hydrogens (tertiary/aromatic N) is 4. The number of hydrogen-bond donors (Lipinski definition) is 3. The Labute approximate surface area is 163 Å². The fourth-order valence-corrected chi connectivity index (χ4v) is 2.51. The Morgan fingerprint density at radius 3 is 2.57 bits per heavy atom. The van der Waals surface area contributed by atoms with E-state index >= 15 is 0 Å². The topological polar surface area (TPSA) is 117 Å². The average molecular weight is 371 g/mol. The summed E-state index contributed by atoms with van der Waals surface area (Å²) in [5.74, 6) is 6.58. The van der Waals surface area contributed by atoms with Crippen molar-refractivity contribution in [2.45, 2.75) is 0 Å². The lowest BCUT2D eigenvalue weighted by atomic mass is 10.1. The van der Waals surface area contributed by atoms with E-state index in [9.17, 15) is 0 Å². The maximum absolute atomic E-state index is 7.44. The van der Waals surface area contributed by atoms with E-state index in [-0.39, 0.29) is 5.84 Å². The second-order valence-corrected chi connectivity index (χ2v) is 6.49. The van der Waals surface area contributed by atoms with Crippen LogP contribution in [0.2, 0.25) is 0 Å². The molecule has 0 aliphatic rings. The molecule has 0 aliphatic carbocycles. The zero-order chi connectivity index (χ0) is 20.1. The number of nitrogens with two attached hydrogens (primary N) is 2. The first-order valence-electron chi connectivity index (χ1n) is 8.62. The third kappa shape index (κ3) is 4.50. The summed E-state index contributed by atoms with van der Waals surface area (Å²) in [6.45, 7) is 0.680. The van der Waals surface area contributed by atoms with Gasteiger partial charge in [-0.1, -0.05) is 17.9 Å². The van der Waals surface area contributed by atoms with Crippen LogP contribution in [0.15, 0.2) is 58.9 Å². The largest absolute Gasteiger partial charge is 0.384 e. The summed E-state index contributed by atoms with van der Waals surface area (Å²) in [7, 11) is 3.95. The van der Waals surface area contributed by atoms with Gasteiger partial charge in [-0.15, -0.1) is 5.11 Å². The third-order valence-electron chi connectivity index (χ3n) is 3.97. The number of azo groups is 1. The second kappa shape index (κ2) is 8.29. The Morgan fingerprint density at radius 1 is 1.14 bits per heavy atom. The van der Waals surface area contributed by atoms with Gasteiger partial charge in [0.15, 0.2) is 5.82 Å². The molecule has 2 aromatic carbocycles. The molecule has 1 heterocycles. The standard InChI is InChI=1S/C21H21N7/c1-28(2)11-3-4-14-5-6-16-13-25-21(24)19(18(16)12-14)27-26-17-9-7-15(8-10-17)20(22)23/h5-10,12-13H,11H2,1-2H3,(H3,22,23)(H2,24,25). The summed E-state index contributed by atoms with van der Waals surface area (Å²) in [6.07, 6.45) is 1.71. The monoisotopic (exact) mass is 371 g/mol. The van der Waals surface area contributed by atoms with Crippen molar-refractivity contribution in [3.8, 4) is 11.8 Å². The molecule has 0 atom stereocenters.